The van der Waals surface area contributed by atoms with Gasteiger partial charge in [0.15, 0.2) is 5.78 Å². The average molecular weight is 298 g/mol. The van der Waals surface area contributed by atoms with E-state index in [0.717, 1.165) is 23.0 Å². The topological polar surface area (TPSA) is 38.3 Å². The zero-order valence-corrected chi connectivity index (χ0v) is 11.4. The van der Waals surface area contributed by atoms with E-state index in [1.165, 1.54) is 0 Å². The van der Waals surface area contributed by atoms with E-state index in [4.69, 9.17) is 4.74 Å². The third-order valence-electron chi connectivity index (χ3n) is 3.08. The molecule has 0 amide bonds. The van der Waals surface area contributed by atoms with Crippen LogP contribution in [0, 0.1) is 0 Å². The first-order valence-corrected chi connectivity index (χ1v) is 6.51. The lowest BCUT2D eigenvalue weighted by molar-refractivity contribution is -0.120. The van der Waals surface area contributed by atoms with Crippen LogP contribution in [0.5, 0.6) is 0 Å². The Morgan fingerprint density at radius 3 is 3.06 bits per heavy atom. The summed E-state index contributed by atoms with van der Waals surface area (Å²) in [5.41, 5.74) is 1.05. The van der Waals surface area contributed by atoms with Gasteiger partial charge >= 0.3 is 0 Å². The van der Waals surface area contributed by atoms with Gasteiger partial charge in [0.2, 0.25) is 0 Å². The SMILES string of the molecule is COC1CNC(C(=O)Cc2cccc(Br)c2)C1. The molecule has 0 spiro atoms. The van der Waals surface area contributed by atoms with Crippen LogP contribution in [0.3, 0.4) is 0 Å². The molecule has 1 aromatic carbocycles. The Kier molecular flexibility index (Phi) is 4.31. The molecular formula is C13H16BrNO2. The minimum atomic E-state index is -0.0565. The van der Waals surface area contributed by atoms with Gasteiger partial charge in [-0.3, -0.25) is 4.79 Å². The Labute approximate surface area is 110 Å². The molecule has 2 atom stereocenters. The van der Waals surface area contributed by atoms with E-state index >= 15 is 0 Å². The van der Waals surface area contributed by atoms with E-state index < -0.39 is 0 Å². The molecule has 1 N–H and O–H groups in total. The maximum atomic E-state index is 12.1. The molecule has 4 heteroatoms. The molecule has 0 saturated carbocycles. The number of methoxy groups -OCH3 is 1. The van der Waals surface area contributed by atoms with Crippen molar-refractivity contribution in [1.82, 2.24) is 5.32 Å². The largest absolute Gasteiger partial charge is 0.380 e. The van der Waals surface area contributed by atoms with Crippen LogP contribution in [0.25, 0.3) is 0 Å². The zero-order valence-electron chi connectivity index (χ0n) is 9.78. The molecule has 92 valence electrons. The van der Waals surface area contributed by atoms with Gasteiger partial charge in [-0.2, -0.15) is 0 Å². The van der Waals surface area contributed by atoms with E-state index in [2.05, 4.69) is 21.2 Å². The fourth-order valence-electron chi connectivity index (χ4n) is 2.10. The van der Waals surface area contributed by atoms with Gasteiger partial charge in [-0.15, -0.1) is 0 Å². The lowest BCUT2D eigenvalue weighted by atomic mass is 10.0. The number of benzene rings is 1. The Morgan fingerprint density at radius 1 is 1.59 bits per heavy atom. The summed E-state index contributed by atoms with van der Waals surface area (Å²) >= 11 is 3.41. The Balaban J connectivity index is 1.93. The smallest absolute Gasteiger partial charge is 0.154 e. The Hall–Kier alpha value is -0.710. The molecule has 1 aliphatic heterocycles. The monoisotopic (exact) mass is 297 g/mol. The first-order valence-electron chi connectivity index (χ1n) is 5.72. The third-order valence-corrected chi connectivity index (χ3v) is 3.57. The predicted octanol–water partition coefficient (Wildman–Crippen LogP) is 1.94. The molecule has 17 heavy (non-hydrogen) atoms. The Bertz CT molecular complexity index is 408. The van der Waals surface area contributed by atoms with E-state index in [1.807, 2.05) is 24.3 Å². The molecule has 3 nitrogen and oxygen atoms in total. The highest BCUT2D eigenvalue weighted by atomic mass is 79.9. The van der Waals surface area contributed by atoms with Gasteiger partial charge in [-0.1, -0.05) is 28.1 Å². The molecule has 0 radical (unpaired) electrons. The Morgan fingerprint density at radius 2 is 2.41 bits per heavy atom. The highest BCUT2D eigenvalue weighted by Gasteiger charge is 2.28. The van der Waals surface area contributed by atoms with Crippen LogP contribution in [0.2, 0.25) is 0 Å². The lowest BCUT2D eigenvalue weighted by Gasteiger charge is -2.09. The highest BCUT2D eigenvalue weighted by Crippen LogP contribution is 2.15. The standard InChI is InChI=1S/C13H16BrNO2/c1-17-11-7-12(15-8-11)13(16)6-9-3-2-4-10(14)5-9/h2-5,11-12,15H,6-8H2,1H3. The van der Waals surface area contributed by atoms with Crippen molar-refractivity contribution in [3.8, 4) is 0 Å². The van der Waals surface area contributed by atoms with Gasteiger partial charge in [0.05, 0.1) is 12.1 Å². The molecule has 1 fully saturated rings. The van der Waals surface area contributed by atoms with Crippen LogP contribution < -0.4 is 5.32 Å². The number of hydrogen-bond acceptors (Lipinski definition) is 3. The zero-order chi connectivity index (χ0) is 12.3. The molecule has 2 rings (SSSR count). The van der Waals surface area contributed by atoms with Gasteiger partial charge in [-0.05, 0) is 24.1 Å². The van der Waals surface area contributed by atoms with Crippen molar-refractivity contribution in [2.24, 2.45) is 0 Å². The van der Waals surface area contributed by atoms with E-state index in [0.29, 0.717) is 6.42 Å². The van der Waals surface area contributed by atoms with Crippen LogP contribution >= 0.6 is 15.9 Å². The minimum absolute atomic E-state index is 0.0565. The van der Waals surface area contributed by atoms with E-state index in [-0.39, 0.29) is 17.9 Å². The summed E-state index contributed by atoms with van der Waals surface area (Å²) in [4.78, 5) is 12.1. The molecular weight excluding hydrogens is 282 g/mol. The summed E-state index contributed by atoms with van der Waals surface area (Å²) in [6.07, 6.45) is 1.43. The van der Waals surface area contributed by atoms with E-state index in [1.54, 1.807) is 7.11 Å². The van der Waals surface area contributed by atoms with Crippen molar-refractivity contribution in [3.63, 3.8) is 0 Å². The molecule has 0 aliphatic carbocycles. The van der Waals surface area contributed by atoms with Gasteiger partial charge in [0.1, 0.15) is 0 Å². The summed E-state index contributed by atoms with van der Waals surface area (Å²) in [7, 11) is 1.69. The van der Waals surface area contributed by atoms with Crippen molar-refractivity contribution >= 4 is 21.7 Å². The number of halogens is 1. The van der Waals surface area contributed by atoms with Crippen molar-refractivity contribution < 1.29 is 9.53 Å². The van der Waals surface area contributed by atoms with Crippen molar-refractivity contribution in [3.05, 3.63) is 34.3 Å². The summed E-state index contributed by atoms with van der Waals surface area (Å²) in [6, 6.07) is 7.82. The number of ketones is 1. The molecule has 2 unspecified atom stereocenters. The van der Waals surface area contributed by atoms with Crippen molar-refractivity contribution in [1.29, 1.82) is 0 Å². The number of Topliss-reactive ketones (excluding diaryl/α,β-unsaturated/α-hetero) is 1. The fourth-order valence-corrected chi connectivity index (χ4v) is 2.55. The van der Waals surface area contributed by atoms with Gasteiger partial charge in [0.25, 0.3) is 0 Å². The molecule has 1 aliphatic rings. The van der Waals surface area contributed by atoms with Crippen molar-refractivity contribution in [2.75, 3.05) is 13.7 Å². The minimum Gasteiger partial charge on any atom is -0.380 e. The maximum absolute atomic E-state index is 12.1. The lowest BCUT2D eigenvalue weighted by Crippen LogP contribution is -2.31. The first-order chi connectivity index (χ1) is 8.19. The van der Waals surface area contributed by atoms with Crippen LogP contribution in [0.4, 0.5) is 0 Å². The van der Waals surface area contributed by atoms with Crippen LogP contribution in [0.1, 0.15) is 12.0 Å². The second kappa shape index (κ2) is 5.76. The van der Waals surface area contributed by atoms with Crippen LogP contribution in [-0.2, 0) is 16.0 Å². The summed E-state index contributed by atoms with van der Waals surface area (Å²) in [5.74, 6) is 0.239. The number of ether oxygens (including phenoxy) is 1. The van der Waals surface area contributed by atoms with Crippen LogP contribution in [-0.4, -0.2) is 31.6 Å². The second-order valence-corrected chi connectivity index (χ2v) is 5.24. The quantitative estimate of drug-likeness (QED) is 0.923. The van der Waals surface area contributed by atoms with Gasteiger partial charge in [0, 0.05) is 24.5 Å². The third kappa shape index (κ3) is 3.37. The molecule has 0 aromatic heterocycles. The number of carbonyl (C=O) groups excluding carboxylic acids is 1. The molecule has 1 saturated heterocycles. The predicted molar refractivity (Wildman–Crippen MR) is 70.1 cm³/mol. The molecule has 1 heterocycles. The normalized spacial score (nSPS) is 23.9. The second-order valence-electron chi connectivity index (χ2n) is 4.33. The van der Waals surface area contributed by atoms with Gasteiger partial charge in [-0.25, -0.2) is 0 Å². The molecule has 0 bridgehead atoms. The highest BCUT2D eigenvalue weighted by molar-refractivity contribution is 9.10. The number of carbonyl (C=O) groups is 1. The first kappa shape index (κ1) is 12.7. The maximum Gasteiger partial charge on any atom is 0.154 e. The summed E-state index contributed by atoms with van der Waals surface area (Å²) in [5, 5.41) is 3.21. The number of nitrogens with one attached hydrogen (secondary N) is 1. The van der Waals surface area contributed by atoms with Gasteiger partial charge < -0.3 is 10.1 Å². The molecule has 1 aromatic rings. The van der Waals surface area contributed by atoms with E-state index in [9.17, 15) is 4.79 Å². The number of rotatable bonds is 4. The van der Waals surface area contributed by atoms with Crippen LogP contribution in [0.15, 0.2) is 28.7 Å². The van der Waals surface area contributed by atoms with Crippen molar-refractivity contribution in [2.45, 2.75) is 25.0 Å². The summed E-state index contributed by atoms with van der Waals surface area (Å²) in [6.45, 7) is 0.769. The number of hydrogen-bond donors (Lipinski definition) is 1. The fraction of sp³-hybridized carbons (Fsp3) is 0.462. The average Bonchev–Trinajstić information content (AvgIpc) is 2.77. The summed E-state index contributed by atoms with van der Waals surface area (Å²) < 4.78 is 6.25.